The van der Waals surface area contributed by atoms with Crippen LogP contribution in [0.25, 0.3) is 0 Å². The van der Waals surface area contributed by atoms with Crippen molar-refractivity contribution in [2.45, 2.75) is 112 Å². The molecule has 0 rings (SSSR count). The standard InChI is InChI=1S/C22H44O2/c1-7-12-14-15-16-17-20-22(18-9-3,19-13-8-2)21(6,23-10-4)24-11-5/h13,19H,7-12,14-18,20H2,1-6H3. The lowest BCUT2D eigenvalue weighted by molar-refractivity contribution is -0.277. The lowest BCUT2D eigenvalue weighted by Gasteiger charge is -2.46. The second-order valence-corrected chi connectivity index (χ2v) is 7.05. The van der Waals surface area contributed by atoms with Gasteiger partial charge in [0.05, 0.1) is 0 Å². The van der Waals surface area contributed by atoms with Crippen LogP contribution < -0.4 is 0 Å². The molecule has 0 aromatic rings. The maximum Gasteiger partial charge on any atom is 0.174 e. The van der Waals surface area contributed by atoms with Crippen LogP contribution in [0.15, 0.2) is 12.2 Å². The molecule has 0 N–H and O–H groups in total. The van der Waals surface area contributed by atoms with Gasteiger partial charge in [0.1, 0.15) is 0 Å². The van der Waals surface area contributed by atoms with Crippen LogP contribution >= 0.6 is 0 Å². The Morgan fingerprint density at radius 2 is 1.29 bits per heavy atom. The molecule has 0 fully saturated rings. The summed E-state index contributed by atoms with van der Waals surface area (Å²) < 4.78 is 12.4. The lowest BCUT2D eigenvalue weighted by Crippen LogP contribution is -2.49. The van der Waals surface area contributed by atoms with Crippen molar-refractivity contribution >= 4 is 0 Å². The molecule has 0 saturated carbocycles. The van der Waals surface area contributed by atoms with E-state index in [1.54, 1.807) is 0 Å². The minimum absolute atomic E-state index is 0.0193. The second-order valence-electron chi connectivity index (χ2n) is 7.05. The van der Waals surface area contributed by atoms with Gasteiger partial charge >= 0.3 is 0 Å². The molecule has 1 unspecified atom stereocenters. The molecule has 0 heterocycles. The molecule has 0 saturated heterocycles. The molecule has 0 aromatic carbocycles. The quantitative estimate of drug-likeness (QED) is 0.167. The fraction of sp³-hybridized carbons (Fsp3) is 0.909. The molecule has 0 radical (unpaired) electrons. The van der Waals surface area contributed by atoms with Crippen LogP contribution in [0, 0.1) is 5.41 Å². The van der Waals surface area contributed by atoms with Crippen molar-refractivity contribution in [2.75, 3.05) is 13.2 Å². The first-order valence-corrected chi connectivity index (χ1v) is 10.5. The SMILES string of the molecule is CCC=CC(CCC)(CCCCCCCC)C(C)(OCC)OCC. The highest BCUT2D eigenvalue weighted by atomic mass is 16.7. The summed E-state index contributed by atoms with van der Waals surface area (Å²) in [6.45, 7) is 14.4. The van der Waals surface area contributed by atoms with Gasteiger partial charge in [0.2, 0.25) is 0 Å². The van der Waals surface area contributed by atoms with Crippen molar-refractivity contribution in [1.82, 2.24) is 0 Å². The summed E-state index contributed by atoms with van der Waals surface area (Å²) in [5.74, 6) is -0.526. The van der Waals surface area contributed by atoms with E-state index in [1.165, 1.54) is 38.5 Å². The Bertz CT molecular complexity index is 305. The molecule has 2 nitrogen and oxygen atoms in total. The third kappa shape index (κ3) is 7.70. The van der Waals surface area contributed by atoms with Crippen LogP contribution in [0.5, 0.6) is 0 Å². The Morgan fingerprint density at radius 1 is 0.708 bits per heavy atom. The largest absolute Gasteiger partial charge is 0.350 e. The van der Waals surface area contributed by atoms with Crippen molar-refractivity contribution in [2.24, 2.45) is 5.41 Å². The molecule has 144 valence electrons. The zero-order valence-electron chi connectivity index (χ0n) is 17.5. The average Bonchev–Trinajstić information content (AvgIpc) is 2.56. The highest BCUT2D eigenvalue weighted by Crippen LogP contribution is 2.46. The minimum Gasteiger partial charge on any atom is -0.350 e. The van der Waals surface area contributed by atoms with Gasteiger partial charge in [0.15, 0.2) is 5.79 Å². The maximum atomic E-state index is 6.21. The molecular formula is C22H44O2. The minimum atomic E-state index is -0.526. The topological polar surface area (TPSA) is 18.5 Å². The fourth-order valence-corrected chi connectivity index (χ4v) is 3.79. The van der Waals surface area contributed by atoms with Crippen LogP contribution in [0.2, 0.25) is 0 Å². The van der Waals surface area contributed by atoms with E-state index in [0.29, 0.717) is 13.2 Å². The predicted molar refractivity (Wildman–Crippen MR) is 106 cm³/mol. The second kappa shape index (κ2) is 13.9. The Labute approximate surface area is 152 Å². The number of allylic oxidation sites excluding steroid dienone is 1. The van der Waals surface area contributed by atoms with E-state index < -0.39 is 5.79 Å². The summed E-state index contributed by atoms with van der Waals surface area (Å²) in [6.07, 6.45) is 17.2. The predicted octanol–water partition coefficient (Wildman–Crippen LogP) is 7.28. The van der Waals surface area contributed by atoms with Gasteiger partial charge in [-0.2, -0.15) is 0 Å². The average molecular weight is 341 g/mol. The molecule has 24 heavy (non-hydrogen) atoms. The lowest BCUT2D eigenvalue weighted by atomic mass is 9.71. The summed E-state index contributed by atoms with van der Waals surface area (Å²) in [6, 6.07) is 0. The Hall–Kier alpha value is -0.340. The number of hydrogen-bond acceptors (Lipinski definition) is 2. The monoisotopic (exact) mass is 340 g/mol. The van der Waals surface area contributed by atoms with Gasteiger partial charge in [-0.05, 0) is 40.0 Å². The van der Waals surface area contributed by atoms with Crippen molar-refractivity contribution < 1.29 is 9.47 Å². The van der Waals surface area contributed by atoms with Crippen LogP contribution in [-0.2, 0) is 9.47 Å². The normalized spacial score (nSPS) is 15.1. The molecule has 0 amide bonds. The number of rotatable bonds is 16. The highest BCUT2D eigenvalue weighted by molar-refractivity contribution is 5.06. The van der Waals surface area contributed by atoms with Gasteiger partial charge in [-0.25, -0.2) is 0 Å². The Kier molecular flexibility index (Phi) is 13.7. The molecule has 0 spiro atoms. The van der Waals surface area contributed by atoms with Gasteiger partial charge in [-0.1, -0.05) is 77.9 Å². The van der Waals surface area contributed by atoms with E-state index in [4.69, 9.17) is 9.47 Å². The summed E-state index contributed by atoms with van der Waals surface area (Å²) >= 11 is 0. The Balaban J connectivity index is 5.18. The van der Waals surface area contributed by atoms with E-state index in [9.17, 15) is 0 Å². The van der Waals surface area contributed by atoms with E-state index in [-0.39, 0.29) is 5.41 Å². The van der Waals surface area contributed by atoms with Crippen molar-refractivity contribution in [3.8, 4) is 0 Å². The third-order valence-electron chi connectivity index (χ3n) is 5.09. The van der Waals surface area contributed by atoms with Crippen molar-refractivity contribution in [1.29, 1.82) is 0 Å². The molecule has 0 aliphatic rings. The summed E-state index contributed by atoms with van der Waals surface area (Å²) in [5, 5.41) is 0. The van der Waals surface area contributed by atoms with Crippen LogP contribution in [-0.4, -0.2) is 19.0 Å². The van der Waals surface area contributed by atoms with E-state index >= 15 is 0 Å². The maximum absolute atomic E-state index is 6.21. The molecular weight excluding hydrogens is 296 g/mol. The third-order valence-corrected chi connectivity index (χ3v) is 5.09. The molecule has 1 atom stereocenters. The van der Waals surface area contributed by atoms with Crippen LogP contribution in [0.3, 0.4) is 0 Å². The van der Waals surface area contributed by atoms with Crippen molar-refractivity contribution in [3.05, 3.63) is 12.2 Å². The van der Waals surface area contributed by atoms with E-state index in [0.717, 1.165) is 25.7 Å². The summed E-state index contributed by atoms with van der Waals surface area (Å²) in [5.41, 5.74) is -0.0193. The first kappa shape index (κ1) is 23.7. The van der Waals surface area contributed by atoms with Crippen molar-refractivity contribution in [3.63, 3.8) is 0 Å². The summed E-state index contributed by atoms with van der Waals surface area (Å²) in [7, 11) is 0. The molecule has 2 heteroatoms. The van der Waals surface area contributed by atoms with Crippen LogP contribution in [0.1, 0.15) is 106 Å². The molecule has 0 aliphatic heterocycles. The van der Waals surface area contributed by atoms with Gasteiger partial charge in [0, 0.05) is 18.6 Å². The van der Waals surface area contributed by atoms with Crippen LogP contribution in [0.4, 0.5) is 0 Å². The fourth-order valence-electron chi connectivity index (χ4n) is 3.79. The first-order chi connectivity index (χ1) is 11.6. The van der Waals surface area contributed by atoms with Gasteiger partial charge in [0.25, 0.3) is 0 Å². The smallest absolute Gasteiger partial charge is 0.174 e. The molecule has 0 bridgehead atoms. The van der Waals surface area contributed by atoms with Gasteiger partial charge in [-0.15, -0.1) is 0 Å². The zero-order valence-corrected chi connectivity index (χ0v) is 17.5. The number of hydrogen-bond donors (Lipinski definition) is 0. The summed E-state index contributed by atoms with van der Waals surface area (Å²) in [4.78, 5) is 0. The number of unbranched alkanes of at least 4 members (excludes halogenated alkanes) is 5. The molecule has 0 aromatic heterocycles. The van der Waals surface area contributed by atoms with Gasteiger partial charge in [-0.3, -0.25) is 0 Å². The van der Waals surface area contributed by atoms with E-state index in [2.05, 4.69) is 53.7 Å². The molecule has 0 aliphatic carbocycles. The Morgan fingerprint density at radius 3 is 1.79 bits per heavy atom. The number of ether oxygens (including phenoxy) is 2. The highest BCUT2D eigenvalue weighted by Gasteiger charge is 2.47. The zero-order chi connectivity index (χ0) is 18.3. The van der Waals surface area contributed by atoms with E-state index in [1.807, 2.05) is 0 Å². The van der Waals surface area contributed by atoms with Gasteiger partial charge < -0.3 is 9.47 Å². The first-order valence-electron chi connectivity index (χ1n) is 10.5.